The van der Waals surface area contributed by atoms with E-state index >= 15 is 0 Å². The summed E-state index contributed by atoms with van der Waals surface area (Å²) >= 11 is 2.20. The maximum absolute atomic E-state index is 12.9. The van der Waals surface area contributed by atoms with E-state index in [0.29, 0.717) is 6.08 Å². The van der Waals surface area contributed by atoms with E-state index in [-0.39, 0.29) is 0 Å². The van der Waals surface area contributed by atoms with E-state index in [0.717, 1.165) is 0 Å². The third-order valence-corrected chi connectivity index (χ3v) is 3.92. The van der Waals surface area contributed by atoms with Crippen molar-refractivity contribution in [2.45, 2.75) is 25.9 Å². The largest absolute Gasteiger partial charge is 0.481 e. The standard InChI is InChI=1S/C10H10BrF5O2/c1-8(2)4(6(8)7(17)18)3-5(11)9(12,13)10(14,15)16/h3-4,6H,1-2H3,(H,17,18). The Kier molecular flexibility index (Phi) is 3.57. The fourth-order valence-corrected chi connectivity index (χ4v) is 2.37. The van der Waals surface area contributed by atoms with Crippen molar-refractivity contribution in [1.29, 1.82) is 0 Å². The SMILES string of the molecule is CC1(C)C(C=C(Br)C(F)(F)C(F)(F)F)C1C(=O)O. The van der Waals surface area contributed by atoms with E-state index in [4.69, 9.17) is 5.11 Å². The third-order valence-electron chi connectivity index (χ3n) is 3.16. The Morgan fingerprint density at radius 2 is 1.72 bits per heavy atom. The van der Waals surface area contributed by atoms with Crippen molar-refractivity contribution < 1.29 is 31.9 Å². The van der Waals surface area contributed by atoms with Gasteiger partial charge >= 0.3 is 18.1 Å². The minimum atomic E-state index is -5.71. The van der Waals surface area contributed by atoms with Crippen LogP contribution in [0.1, 0.15) is 13.8 Å². The number of halogens is 6. The first kappa shape index (κ1) is 15.4. The smallest absolute Gasteiger partial charge is 0.458 e. The monoisotopic (exact) mass is 336 g/mol. The summed E-state index contributed by atoms with van der Waals surface area (Å²) in [5, 5.41) is 8.78. The predicted molar refractivity (Wildman–Crippen MR) is 56.4 cm³/mol. The molecular formula is C10H10BrF5O2. The highest BCUT2D eigenvalue weighted by Crippen LogP contribution is 2.60. The summed E-state index contributed by atoms with van der Waals surface area (Å²) in [5.74, 6) is -8.02. The van der Waals surface area contributed by atoms with Gasteiger partial charge in [0, 0.05) is 0 Å². The fraction of sp³-hybridized carbons (Fsp3) is 0.700. The topological polar surface area (TPSA) is 37.3 Å². The number of allylic oxidation sites excluding steroid dienone is 2. The van der Waals surface area contributed by atoms with Crippen molar-refractivity contribution in [1.82, 2.24) is 0 Å². The van der Waals surface area contributed by atoms with Gasteiger partial charge < -0.3 is 5.11 Å². The Bertz CT molecular complexity index is 400. The zero-order valence-corrected chi connectivity index (χ0v) is 10.9. The van der Waals surface area contributed by atoms with Crippen LogP contribution < -0.4 is 0 Å². The average Bonchev–Trinajstić information content (AvgIpc) is 2.65. The molecular weight excluding hydrogens is 327 g/mol. The molecule has 18 heavy (non-hydrogen) atoms. The number of hydrogen-bond donors (Lipinski definition) is 1. The number of carboxylic acids is 1. The number of carboxylic acid groups (broad SMARTS) is 1. The minimum absolute atomic E-state index is 0.645. The van der Waals surface area contributed by atoms with Crippen LogP contribution in [0.4, 0.5) is 22.0 Å². The molecule has 2 unspecified atom stereocenters. The van der Waals surface area contributed by atoms with E-state index in [1.54, 1.807) is 0 Å². The Morgan fingerprint density at radius 3 is 2.00 bits per heavy atom. The third kappa shape index (κ3) is 2.39. The first-order valence-electron chi connectivity index (χ1n) is 4.88. The lowest BCUT2D eigenvalue weighted by atomic mass is 10.1. The van der Waals surface area contributed by atoms with E-state index in [1.807, 2.05) is 0 Å². The highest BCUT2D eigenvalue weighted by molar-refractivity contribution is 9.11. The summed E-state index contributed by atoms with van der Waals surface area (Å²) in [7, 11) is 0. The summed E-state index contributed by atoms with van der Waals surface area (Å²) in [5.41, 5.74) is -0.827. The lowest BCUT2D eigenvalue weighted by Gasteiger charge is -2.19. The highest BCUT2D eigenvalue weighted by atomic mass is 79.9. The molecule has 2 nitrogen and oxygen atoms in total. The van der Waals surface area contributed by atoms with Crippen LogP contribution in [-0.4, -0.2) is 23.2 Å². The van der Waals surface area contributed by atoms with Crippen LogP contribution in [0.15, 0.2) is 10.6 Å². The predicted octanol–water partition coefficient (Wildman–Crippen LogP) is 3.82. The van der Waals surface area contributed by atoms with Gasteiger partial charge in [0.15, 0.2) is 0 Å². The molecule has 1 rings (SSSR count). The molecule has 0 bridgehead atoms. The van der Waals surface area contributed by atoms with Crippen LogP contribution in [0.25, 0.3) is 0 Å². The molecule has 0 spiro atoms. The fourth-order valence-electron chi connectivity index (χ4n) is 1.86. The lowest BCUT2D eigenvalue weighted by molar-refractivity contribution is -0.260. The molecule has 2 atom stereocenters. The molecule has 1 aliphatic rings. The van der Waals surface area contributed by atoms with Crippen LogP contribution in [0.2, 0.25) is 0 Å². The van der Waals surface area contributed by atoms with E-state index in [2.05, 4.69) is 15.9 Å². The molecule has 0 heterocycles. The summed E-state index contributed by atoms with van der Waals surface area (Å²) in [4.78, 5) is 10.8. The van der Waals surface area contributed by atoms with Crippen LogP contribution in [-0.2, 0) is 4.79 Å². The van der Waals surface area contributed by atoms with Crippen LogP contribution in [0.3, 0.4) is 0 Å². The van der Waals surface area contributed by atoms with Crippen LogP contribution >= 0.6 is 15.9 Å². The summed E-state index contributed by atoms with van der Waals surface area (Å²) in [6.45, 7) is 3.00. The number of aliphatic carboxylic acids is 1. The van der Waals surface area contributed by atoms with Gasteiger partial charge in [0.2, 0.25) is 0 Å². The Morgan fingerprint density at radius 1 is 1.28 bits per heavy atom. The summed E-state index contributed by atoms with van der Waals surface area (Å²) in [6, 6.07) is 0. The van der Waals surface area contributed by atoms with Crippen molar-refractivity contribution in [3.05, 3.63) is 10.6 Å². The highest BCUT2D eigenvalue weighted by Gasteiger charge is 2.64. The van der Waals surface area contributed by atoms with E-state index < -0.39 is 39.8 Å². The van der Waals surface area contributed by atoms with Gasteiger partial charge in [-0.15, -0.1) is 0 Å². The van der Waals surface area contributed by atoms with Crippen molar-refractivity contribution >= 4 is 21.9 Å². The zero-order chi connectivity index (χ0) is 14.5. The Balaban J connectivity index is 2.97. The maximum atomic E-state index is 12.9. The minimum Gasteiger partial charge on any atom is -0.481 e. The van der Waals surface area contributed by atoms with Gasteiger partial charge in [0.1, 0.15) is 0 Å². The molecule has 8 heteroatoms. The Labute approximate surface area is 108 Å². The normalized spacial score (nSPS) is 28.1. The molecule has 0 amide bonds. The number of alkyl halides is 5. The molecule has 0 aromatic heterocycles. The maximum Gasteiger partial charge on any atom is 0.458 e. The molecule has 1 N–H and O–H groups in total. The second-order valence-electron chi connectivity index (χ2n) is 4.75. The molecule has 0 aromatic carbocycles. The summed E-state index contributed by atoms with van der Waals surface area (Å²) < 4.78 is 60.7. The van der Waals surface area contributed by atoms with Crippen molar-refractivity contribution in [3.63, 3.8) is 0 Å². The molecule has 0 aliphatic heterocycles. The van der Waals surface area contributed by atoms with Gasteiger partial charge in [-0.3, -0.25) is 4.79 Å². The van der Waals surface area contributed by atoms with E-state index in [9.17, 15) is 26.7 Å². The lowest BCUT2D eigenvalue weighted by Crippen LogP contribution is -2.36. The molecule has 104 valence electrons. The van der Waals surface area contributed by atoms with Gasteiger partial charge in [-0.05, 0) is 27.3 Å². The number of carbonyl (C=O) groups is 1. The first-order chi connectivity index (χ1) is 7.83. The van der Waals surface area contributed by atoms with Crippen molar-refractivity contribution in [2.24, 2.45) is 17.3 Å². The van der Waals surface area contributed by atoms with Gasteiger partial charge in [-0.2, -0.15) is 22.0 Å². The van der Waals surface area contributed by atoms with Gasteiger partial charge in [0.05, 0.1) is 10.4 Å². The second kappa shape index (κ2) is 4.18. The summed E-state index contributed by atoms with van der Waals surface area (Å²) in [6.07, 6.45) is -5.06. The molecule has 1 fully saturated rings. The van der Waals surface area contributed by atoms with Crippen molar-refractivity contribution in [3.8, 4) is 0 Å². The van der Waals surface area contributed by atoms with Gasteiger partial charge in [0.25, 0.3) is 0 Å². The number of hydrogen-bond acceptors (Lipinski definition) is 1. The average molecular weight is 337 g/mol. The van der Waals surface area contributed by atoms with Gasteiger partial charge in [-0.1, -0.05) is 19.9 Å². The first-order valence-corrected chi connectivity index (χ1v) is 5.68. The number of rotatable bonds is 3. The van der Waals surface area contributed by atoms with Crippen LogP contribution in [0.5, 0.6) is 0 Å². The second-order valence-corrected chi connectivity index (χ2v) is 5.60. The Hall–Kier alpha value is -0.660. The molecule has 0 saturated heterocycles. The van der Waals surface area contributed by atoms with Crippen LogP contribution in [0, 0.1) is 17.3 Å². The zero-order valence-electron chi connectivity index (χ0n) is 9.36. The van der Waals surface area contributed by atoms with Gasteiger partial charge in [-0.25, -0.2) is 0 Å². The molecule has 1 saturated carbocycles. The van der Waals surface area contributed by atoms with Crippen molar-refractivity contribution in [2.75, 3.05) is 0 Å². The molecule has 1 aliphatic carbocycles. The molecule has 0 aromatic rings. The van der Waals surface area contributed by atoms with E-state index in [1.165, 1.54) is 13.8 Å². The molecule has 0 radical (unpaired) electrons. The quantitative estimate of drug-likeness (QED) is 0.795.